The molecule has 712 valence electrons. The van der Waals surface area contributed by atoms with Gasteiger partial charge in [0.25, 0.3) is 0 Å². The van der Waals surface area contributed by atoms with E-state index in [0.29, 0.717) is 121 Å². The van der Waals surface area contributed by atoms with Gasteiger partial charge in [-0.2, -0.15) is 0 Å². The maximum absolute atomic E-state index is 12.8. The molecule has 0 bridgehead atoms. The number of carbonyl (C=O) groups is 5. The SMILES string of the molecule is C/C=C1/CCC2C3C(CC[C@]12C)[C@@]1(C)CC[C@@H](O)[C@H](O)C1[C@@H](O)[C@@H]3O.CC(=O)O[C@@H]1C2[C@@H](O)[C@H](O)C3C(CC[C@]4(C)C(=O)CCC34)[C@@]2(C)CC[C@H]1O.CC1(C)O[C@@H]2C3C(CC[C@]4(C)C(=O)CCC34)[C@@]3(C)CCC=CC3[C@H]2O1.CC1(C)O[C@@H]2C3C(CC[C@]4(C)C(=O)CCC34)[C@@]3(C)CC[C@H]4O[C@H]4C3[C@H]2O1.C[C@]12CC[C@@H](O)[C@H](O)C1[C@@H](O)[C@H](O)C1C2CC[C@]2(C)C(=O)CCC12. The summed E-state index contributed by atoms with van der Waals surface area (Å²) in [6.07, 6.45) is 24.8. The number of aliphatic hydroxyl groups excluding tert-OH is 11. The molecule has 22 fully saturated rings. The van der Waals surface area contributed by atoms with Gasteiger partial charge in [0.15, 0.2) is 11.6 Å². The van der Waals surface area contributed by atoms with E-state index in [2.05, 4.69) is 108 Å². The number of fused-ring (bicyclic) bond motifs is 33. The van der Waals surface area contributed by atoms with Gasteiger partial charge in [-0.1, -0.05) is 93.0 Å². The molecule has 22 heteroatoms. The van der Waals surface area contributed by atoms with Crippen LogP contribution in [0.2, 0.25) is 0 Å². The van der Waals surface area contributed by atoms with Gasteiger partial charge in [0.05, 0.1) is 104 Å². The number of rotatable bonds is 1. The number of aliphatic hydroxyl groups is 11. The number of epoxide rings is 1. The van der Waals surface area contributed by atoms with E-state index in [0.717, 1.165) is 122 Å². The van der Waals surface area contributed by atoms with Crippen LogP contribution in [-0.2, 0) is 52.4 Å². The molecule has 22 nitrogen and oxygen atoms in total. The first-order valence-corrected chi connectivity index (χ1v) is 51.1. The summed E-state index contributed by atoms with van der Waals surface area (Å²) in [5.74, 6) is 3.88. The fourth-order valence-corrected chi connectivity index (χ4v) is 38.0. The van der Waals surface area contributed by atoms with E-state index in [-0.39, 0.29) is 120 Å². The first-order chi connectivity index (χ1) is 59.6. The van der Waals surface area contributed by atoms with Crippen LogP contribution in [0, 0.1) is 173 Å². The van der Waals surface area contributed by atoms with Crippen molar-refractivity contribution in [1.29, 1.82) is 0 Å². The molecule has 20 aliphatic carbocycles. The first-order valence-electron chi connectivity index (χ1n) is 51.1. The van der Waals surface area contributed by atoms with Crippen LogP contribution in [0.1, 0.15) is 303 Å². The van der Waals surface area contributed by atoms with Gasteiger partial charge in [0.2, 0.25) is 0 Å². The van der Waals surface area contributed by atoms with Gasteiger partial charge in [-0.25, -0.2) is 0 Å². The Kier molecular flexibility index (Phi) is 23.3. The maximum Gasteiger partial charge on any atom is 0.303 e. The van der Waals surface area contributed by atoms with Crippen LogP contribution in [0.3, 0.4) is 0 Å². The van der Waals surface area contributed by atoms with Gasteiger partial charge >= 0.3 is 5.97 Å². The molecule has 3 heterocycles. The molecule has 3 saturated heterocycles. The minimum atomic E-state index is -1.08. The summed E-state index contributed by atoms with van der Waals surface area (Å²) in [5, 5.41) is 118. The summed E-state index contributed by atoms with van der Waals surface area (Å²) in [4.78, 5) is 62.0. The lowest BCUT2D eigenvalue weighted by molar-refractivity contribution is -0.253. The van der Waals surface area contributed by atoms with Gasteiger partial charge in [-0.05, 0) is 323 Å². The highest BCUT2D eigenvalue weighted by atomic mass is 16.8. The quantitative estimate of drug-likeness (QED) is 0.0660. The van der Waals surface area contributed by atoms with Gasteiger partial charge in [0, 0.05) is 83.9 Å². The summed E-state index contributed by atoms with van der Waals surface area (Å²) in [6.45, 7) is 34.0. The van der Waals surface area contributed by atoms with E-state index in [1.54, 1.807) is 0 Å². The van der Waals surface area contributed by atoms with Crippen LogP contribution in [0.4, 0.5) is 0 Å². The predicted molar refractivity (Wildman–Crippen MR) is 470 cm³/mol. The van der Waals surface area contributed by atoms with E-state index in [1.165, 1.54) is 51.0 Å². The number of hydrogen-bond acceptors (Lipinski definition) is 22. The maximum atomic E-state index is 12.8. The van der Waals surface area contributed by atoms with Crippen LogP contribution in [0.25, 0.3) is 0 Å². The average Bonchev–Trinajstić information content (AvgIpc) is 1.51. The third kappa shape index (κ3) is 13.6. The Balaban J connectivity index is 0.000000104. The number of carbonyl (C=O) groups excluding carboxylic acids is 5. The Morgan fingerprint density at radius 3 is 1.11 bits per heavy atom. The molecule has 0 spiro atoms. The van der Waals surface area contributed by atoms with Crippen LogP contribution in [-0.4, -0.2) is 207 Å². The summed E-state index contributed by atoms with van der Waals surface area (Å²) < 4.78 is 37.7. The zero-order valence-corrected chi connectivity index (χ0v) is 79.3. The molecular formula is C105H160O22. The highest BCUT2D eigenvalue weighted by Crippen LogP contribution is 2.75. The first kappa shape index (κ1) is 93.0. The van der Waals surface area contributed by atoms with Crippen LogP contribution in [0.15, 0.2) is 23.8 Å². The summed E-state index contributed by atoms with van der Waals surface area (Å²) in [5.41, 5.74) is 0.376. The van der Waals surface area contributed by atoms with Crippen LogP contribution < -0.4 is 0 Å². The Labute approximate surface area is 754 Å². The van der Waals surface area contributed by atoms with Crippen molar-refractivity contribution in [2.45, 2.75) is 425 Å². The molecule has 19 saturated carbocycles. The zero-order valence-electron chi connectivity index (χ0n) is 79.3. The van der Waals surface area contributed by atoms with Crippen molar-refractivity contribution >= 4 is 29.1 Å². The summed E-state index contributed by atoms with van der Waals surface area (Å²) in [7, 11) is 0. The van der Waals surface area contributed by atoms with Crippen molar-refractivity contribution in [2.75, 3.05) is 0 Å². The molecular weight excluding hydrogens is 1610 g/mol. The number of ether oxygens (including phenoxy) is 6. The van der Waals surface area contributed by atoms with Crippen molar-refractivity contribution in [3.63, 3.8) is 0 Å². The summed E-state index contributed by atoms with van der Waals surface area (Å²) in [6, 6.07) is 0. The normalized spacial score (nSPS) is 58.6. The summed E-state index contributed by atoms with van der Waals surface area (Å²) >= 11 is 0. The minimum Gasteiger partial charge on any atom is -0.459 e. The highest BCUT2D eigenvalue weighted by Gasteiger charge is 2.76. The third-order valence-corrected chi connectivity index (χ3v) is 44.5. The Morgan fingerprint density at radius 2 is 0.677 bits per heavy atom. The number of esters is 1. The van der Waals surface area contributed by atoms with Crippen molar-refractivity contribution in [1.82, 2.24) is 0 Å². The number of allylic oxidation sites excluding steroid dienone is 3. The van der Waals surface area contributed by atoms with E-state index >= 15 is 0 Å². The monoisotopic (exact) mass is 1770 g/mol. The largest absolute Gasteiger partial charge is 0.459 e. The van der Waals surface area contributed by atoms with Crippen molar-refractivity contribution in [3.05, 3.63) is 23.8 Å². The zero-order chi connectivity index (χ0) is 91.0. The second kappa shape index (κ2) is 31.8. The van der Waals surface area contributed by atoms with Crippen molar-refractivity contribution in [3.8, 4) is 0 Å². The highest BCUT2D eigenvalue weighted by molar-refractivity contribution is 5.89. The Bertz CT molecular complexity index is 4310. The number of hydrogen-bond donors (Lipinski definition) is 11. The molecule has 0 aromatic carbocycles. The fourth-order valence-electron chi connectivity index (χ4n) is 38.0. The topological polar surface area (TPSA) is 367 Å². The minimum absolute atomic E-state index is 0.0881. The number of Topliss-reactive ketones (excluding diaryl/α,β-unsaturated/α-hetero) is 4. The molecule has 11 N–H and O–H groups in total. The van der Waals surface area contributed by atoms with E-state index < -0.39 is 114 Å². The third-order valence-electron chi connectivity index (χ3n) is 44.5. The molecule has 3 aliphatic heterocycles. The molecule has 23 rings (SSSR count). The predicted octanol–water partition coefficient (Wildman–Crippen LogP) is 12.8. The standard InChI is InChI=1S/C22H32O4.C22H32O3.C21H32O6.C21H34O4.C19H30O5/c1-20(2)25-18-15-11-5-6-14(23)21(11,3)9-7-12(15)22(4)10-8-13-17(24-13)16(22)19(18)26-20;1-20(2)24-18-15-7-5-6-11-21(15,3)14-10-12-22(4)13(8-9-16(22)23)17(14)19(18)25-20;1-10(22)27-19-13(23)7-9-21(3)12-6-8-20(2)11(4-5-14(20)24)15(12)17(25)18(26)16(19)21;1-4-11-5-6-12-15-13(7-9-20(11,12)2)21(3)10-8-14(22)17(23)16(21)19(25)18(15)24;1-18-7-5-10-13(9(18)3-4-12(18)21)16(23)17(24)14-15(22)11(20)6-8-19(10,14)2/h11-13,15-19H,5-10H2,1-4H3;5,7,13-15,17-19H,6,8-12H2,1-4H3;11-13,15-19,23,25-26H,4-9H2,1-3H3;4,12-19,22-25H,5-10H2,1-3H3;9-11,13-17,20,22-24H,3-8H2,1-2H3/b;;;11-4-;/t11?,12?,13-,15?,16?,17-,18-,19-,21+,22-;13?,14?,15?,17?,18-,19-,21-,22+;11?,12?,13-,15?,16?,17-,18-,19+,20+,21-;12?,13?,14-,15?,16?,17+,18-,19-,20-,21-;9?,10?,11-,13?,14?,15+,16-,17-,18+,19-/m11111/s1. The molecule has 23 aliphatic rings. The molecule has 20 unspecified atom stereocenters. The van der Waals surface area contributed by atoms with Gasteiger partial charge in [-0.3, -0.25) is 24.0 Å². The van der Waals surface area contributed by atoms with E-state index in [9.17, 15) is 80.1 Å². The van der Waals surface area contributed by atoms with Crippen LogP contribution >= 0.6 is 0 Å². The lowest BCUT2D eigenvalue weighted by Gasteiger charge is -2.64. The Hall–Kier alpha value is -3.01. The van der Waals surface area contributed by atoms with Gasteiger partial charge in [-0.15, -0.1) is 0 Å². The fraction of sp³-hybridized carbons (Fsp3) is 0.914. The molecule has 0 aromatic heterocycles. The van der Waals surface area contributed by atoms with Gasteiger partial charge < -0.3 is 84.6 Å². The lowest BCUT2D eigenvalue weighted by Crippen LogP contribution is -2.68. The lowest BCUT2D eigenvalue weighted by atomic mass is 9.43. The molecule has 127 heavy (non-hydrogen) atoms. The van der Waals surface area contributed by atoms with E-state index in [1.807, 2.05) is 13.8 Å². The molecule has 0 radical (unpaired) electrons. The van der Waals surface area contributed by atoms with Crippen LogP contribution in [0.5, 0.6) is 0 Å². The smallest absolute Gasteiger partial charge is 0.303 e. The second-order valence-electron chi connectivity index (χ2n) is 50.2. The Morgan fingerprint density at radius 1 is 0.339 bits per heavy atom. The van der Waals surface area contributed by atoms with Crippen molar-refractivity contribution < 1.29 is 109 Å². The molecule has 48 atom stereocenters. The van der Waals surface area contributed by atoms with Crippen molar-refractivity contribution in [2.24, 2.45) is 173 Å². The van der Waals surface area contributed by atoms with E-state index in [4.69, 9.17) is 28.4 Å². The van der Waals surface area contributed by atoms with Gasteiger partial charge in [0.1, 0.15) is 29.2 Å². The number of ketones is 4. The molecule has 0 aromatic rings. The second-order valence-corrected chi connectivity index (χ2v) is 50.2. The molecule has 0 amide bonds. The average molecular weight is 1770 g/mol.